The van der Waals surface area contributed by atoms with E-state index in [0.717, 1.165) is 22.3 Å². The van der Waals surface area contributed by atoms with Gasteiger partial charge in [0.1, 0.15) is 15.7 Å². The number of aromatic nitrogens is 1. The van der Waals surface area contributed by atoms with Gasteiger partial charge < -0.3 is 19.0 Å². The number of hydrogen-bond donors (Lipinski definition) is 4. The van der Waals surface area contributed by atoms with Gasteiger partial charge in [-0.05, 0) is 47.7 Å². The number of aliphatic hydroxyl groups excluding tert-OH is 1. The second kappa shape index (κ2) is 9.98. The third-order valence-electron chi connectivity index (χ3n) is 6.24. The van der Waals surface area contributed by atoms with Gasteiger partial charge in [-0.15, -0.1) is 11.3 Å². The second-order valence-electron chi connectivity index (χ2n) is 9.36. The smallest absolute Gasteiger partial charge is 0.311 e. The molecule has 0 bridgehead atoms. The van der Waals surface area contributed by atoms with Crippen LogP contribution in [0, 0.1) is 0 Å². The molecule has 2 atom stereocenters. The molecular formula is C25H27N3O7S3. The van der Waals surface area contributed by atoms with Crippen LogP contribution in [-0.2, 0) is 33.1 Å². The van der Waals surface area contributed by atoms with Crippen LogP contribution in [0.2, 0.25) is 0 Å². The molecule has 38 heavy (non-hydrogen) atoms. The van der Waals surface area contributed by atoms with Gasteiger partial charge in [0.2, 0.25) is 0 Å². The predicted molar refractivity (Wildman–Crippen MR) is 145 cm³/mol. The highest BCUT2D eigenvalue weighted by atomic mass is 32.2. The minimum Gasteiger partial charge on any atom is -0.387 e. The normalized spacial score (nSPS) is 17.3. The maximum absolute atomic E-state index is 12.5. The van der Waals surface area contributed by atoms with Gasteiger partial charge in [-0.25, -0.2) is 8.42 Å². The average molecular weight is 578 g/mol. The summed E-state index contributed by atoms with van der Waals surface area (Å²) in [5, 5.41) is 27.3. The summed E-state index contributed by atoms with van der Waals surface area (Å²) in [4.78, 5) is 0. The van der Waals surface area contributed by atoms with Crippen molar-refractivity contribution in [1.82, 2.24) is 9.88 Å². The van der Waals surface area contributed by atoms with E-state index in [-0.39, 0.29) is 35.2 Å². The van der Waals surface area contributed by atoms with Crippen molar-refractivity contribution in [3.05, 3.63) is 77.3 Å². The first kappa shape index (κ1) is 26.7. The minimum atomic E-state index is -3.72. The third kappa shape index (κ3) is 5.72. The van der Waals surface area contributed by atoms with Crippen LogP contribution in [0.25, 0.3) is 10.9 Å². The summed E-state index contributed by atoms with van der Waals surface area (Å²) in [7, 11) is -7.39. The number of nitrogens with zero attached hydrogens (tertiary/aromatic N) is 1. The maximum atomic E-state index is 12.5. The van der Waals surface area contributed by atoms with Crippen molar-refractivity contribution in [3.63, 3.8) is 0 Å². The van der Waals surface area contributed by atoms with Crippen molar-refractivity contribution >= 4 is 48.1 Å². The van der Waals surface area contributed by atoms with E-state index in [0.29, 0.717) is 16.8 Å². The van der Waals surface area contributed by atoms with Gasteiger partial charge in [-0.1, -0.05) is 30.3 Å². The lowest BCUT2D eigenvalue weighted by Crippen LogP contribution is -2.46. The summed E-state index contributed by atoms with van der Waals surface area (Å²) in [5.74, 6) is 0.0951. The number of aliphatic hydroxyl groups is 2. The van der Waals surface area contributed by atoms with Crippen molar-refractivity contribution in [2.45, 2.75) is 35.9 Å². The van der Waals surface area contributed by atoms with E-state index in [2.05, 4.69) is 10.0 Å². The molecule has 5 rings (SSSR count). The number of benzene rings is 2. The number of anilines is 1. The summed E-state index contributed by atoms with van der Waals surface area (Å²) in [6.45, 7) is 1.82. The van der Waals surface area contributed by atoms with E-state index < -0.39 is 32.0 Å². The molecule has 0 spiro atoms. The van der Waals surface area contributed by atoms with Gasteiger partial charge in [0.05, 0.1) is 11.6 Å². The van der Waals surface area contributed by atoms with Gasteiger partial charge in [-0.2, -0.15) is 8.42 Å². The molecule has 0 saturated heterocycles. The highest BCUT2D eigenvalue weighted by molar-refractivity contribution is 7.94. The van der Waals surface area contributed by atoms with Crippen molar-refractivity contribution in [1.29, 1.82) is 0 Å². The highest BCUT2D eigenvalue weighted by Gasteiger charge is 2.28. The highest BCUT2D eigenvalue weighted by Crippen LogP contribution is 2.34. The fourth-order valence-electron chi connectivity index (χ4n) is 4.47. The lowest BCUT2D eigenvalue weighted by molar-refractivity contribution is 0.0112. The zero-order valence-electron chi connectivity index (χ0n) is 20.4. The Bertz CT molecular complexity index is 1680. The molecule has 202 valence electrons. The minimum absolute atomic E-state index is 0.000621. The zero-order valence-corrected chi connectivity index (χ0v) is 22.8. The average Bonchev–Trinajstić information content (AvgIpc) is 3.48. The van der Waals surface area contributed by atoms with Crippen molar-refractivity contribution in [2.24, 2.45) is 0 Å². The predicted octanol–water partition coefficient (Wildman–Crippen LogP) is 2.80. The lowest BCUT2D eigenvalue weighted by atomic mass is 10.0. The molecule has 0 radical (unpaired) electrons. The first-order valence-electron chi connectivity index (χ1n) is 11.8. The molecule has 0 fully saturated rings. The number of sulfonamides is 1. The summed E-state index contributed by atoms with van der Waals surface area (Å²) in [5.41, 5.74) is 0.825. The molecule has 13 heteroatoms. The first-order chi connectivity index (χ1) is 17.9. The maximum Gasteiger partial charge on any atom is 0.311 e. The topological polar surface area (TPSA) is 147 Å². The molecule has 2 aromatic carbocycles. The zero-order chi connectivity index (χ0) is 27.1. The largest absolute Gasteiger partial charge is 0.387 e. The molecular weight excluding hydrogens is 550 g/mol. The second-order valence-corrected chi connectivity index (χ2v) is 13.9. The van der Waals surface area contributed by atoms with E-state index in [1.807, 2.05) is 16.8 Å². The number of rotatable bonds is 9. The molecule has 2 aromatic heterocycles. The number of para-hydroxylation sites is 1. The lowest BCUT2D eigenvalue weighted by Gasteiger charge is -2.26. The molecule has 4 N–H and O–H groups in total. The Hall–Kier alpha value is -2.94. The van der Waals surface area contributed by atoms with Crippen molar-refractivity contribution in [3.8, 4) is 5.75 Å². The van der Waals surface area contributed by atoms with Crippen molar-refractivity contribution in [2.75, 3.05) is 17.0 Å². The van der Waals surface area contributed by atoms with E-state index in [1.54, 1.807) is 54.8 Å². The van der Waals surface area contributed by atoms with Gasteiger partial charge in [-0.3, -0.25) is 10.0 Å². The van der Waals surface area contributed by atoms with Crippen LogP contribution in [0.1, 0.15) is 24.2 Å². The Kier molecular flexibility index (Phi) is 7.00. The number of hydrogen-bond acceptors (Lipinski definition) is 9. The molecule has 3 heterocycles. The monoisotopic (exact) mass is 577 g/mol. The number of aryl methyl sites for hydroxylation is 1. The molecule has 1 aliphatic rings. The summed E-state index contributed by atoms with van der Waals surface area (Å²) in [6, 6.07) is 14.8. The van der Waals surface area contributed by atoms with Crippen molar-refractivity contribution < 1.29 is 31.2 Å². The number of nitrogens with one attached hydrogen (secondary N) is 2. The van der Waals surface area contributed by atoms with Crippen LogP contribution >= 0.6 is 11.3 Å². The quantitative estimate of drug-likeness (QED) is 0.175. The summed E-state index contributed by atoms with van der Waals surface area (Å²) >= 11 is 1.11. The van der Waals surface area contributed by atoms with E-state index in [1.165, 1.54) is 6.07 Å². The van der Waals surface area contributed by atoms with Crippen LogP contribution in [0.3, 0.4) is 0 Å². The van der Waals surface area contributed by atoms with Gasteiger partial charge in [0, 0.05) is 36.8 Å². The van der Waals surface area contributed by atoms with Crippen LogP contribution in [0.4, 0.5) is 5.69 Å². The van der Waals surface area contributed by atoms with Crippen LogP contribution in [0.15, 0.2) is 70.4 Å². The van der Waals surface area contributed by atoms with E-state index in [4.69, 9.17) is 4.18 Å². The molecule has 0 aliphatic carbocycles. The van der Waals surface area contributed by atoms with Gasteiger partial charge in [0.25, 0.3) is 10.0 Å². The molecule has 0 saturated carbocycles. The fraction of sp³-hybridized carbons (Fsp3) is 0.280. The molecule has 0 amide bonds. The fourth-order valence-corrected chi connectivity index (χ4v) is 7.43. The van der Waals surface area contributed by atoms with Crippen LogP contribution in [0.5, 0.6) is 5.75 Å². The molecule has 4 aromatic rings. The third-order valence-corrected chi connectivity index (χ3v) is 10.1. The molecule has 10 nitrogen and oxygen atoms in total. The summed E-state index contributed by atoms with van der Waals surface area (Å²) < 4.78 is 58.9. The number of thiophene rings is 1. The first-order valence-corrected chi connectivity index (χ1v) is 15.7. The Labute approximate surface area is 224 Å². The van der Waals surface area contributed by atoms with E-state index in [9.17, 15) is 27.0 Å². The Morgan fingerprint density at radius 3 is 2.74 bits per heavy atom. The Balaban J connectivity index is 1.28. The van der Waals surface area contributed by atoms with Crippen LogP contribution < -0.4 is 14.2 Å². The molecule has 0 unspecified atom stereocenters. The standard InChI is InChI=1S/C25H27N3O7S3/c1-25(30,14-18-16-28-10-12-37(31,32)35-22-8-3-7-20(18)24(22)28)26-15-21(29)17-5-2-6-19(13-17)27-38(33,34)23-9-4-11-36-23/h2-9,11,13,16,21,26-27,29-30H,10,12,14-15H2,1H3/t21-,25-/m0/s1. The molecule has 1 aliphatic heterocycles. The Morgan fingerprint density at radius 2 is 1.97 bits per heavy atom. The van der Waals surface area contributed by atoms with Gasteiger partial charge >= 0.3 is 10.1 Å². The SMILES string of the molecule is C[C@](O)(Cc1cn2c3c(cccc13)OS(=O)(=O)CC2)NC[C@H](O)c1cccc(NS(=O)(=O)c2cccs2)c1. The van der Waals surface area contributed by atoms with Gasteiger partial charge in [0.15, 0.2) is 5.75 Å². The Morgan fingerprint density at radius 1 is 1.18 bits per heavy atom. The summed E-state index contributed by atoms with van der Waals surface area (Å²) in [6.07, 6.45) is 0.971. The van der Waals surface area contributed by atoms with E-state index >= 15 is 0 Å². The van der Waals surface area contributed by atoms with Crippen LogP contribution in [-0.4, -0.2) is 49.6 Å².